The standard InChI is InChI=1S/C23H23NO3S/c1-24-23(25)20-14-8-9-15-22(20)28(26)21(18-10-4-2-5-11-18)16-17-27-19-12-6-3-7-13-19/h2-15,21H,16-17H2,1H3,(H,24,25)/t21-,28?/m1/s1. The van der Waals surface area contributed by atoms with Gasteiger partial charge in [-0.15, -0.1) is 0 Å². The Balaban J connectivity index is 1.85. The molecule has 28 heavy (non-hydrogen) atoms. The zero-order valence-corrected chi connectivity index (χ0v) is 16.5. The fourth-order valence-electron chi connectivity index (χ4n) is 2.98. The lowest BCUT2D eigenvalue weighted by molar-refractivity contribution is 0.0960. The van der Waals surface area contributed by atoms with Gasteiger partial charge < -0.3 is 10.1 Å². The van der Waals surface area contributed by atoms with Crippen molar-refractivity contribution in [2.75, 3.05) is 13.7 Å². The first-order chi connectivity index (χ1) is 13.7. The number of ether oxygens (including phenoxy) is 1. The Kier molecular flexibility index (Phi) is 6.98. The fourth-order valence-corrected chi connectivity index (χ4v) is 4.59. The zero-order valence-electron chi connectivity index (χ0n) is 15.7. The van der Waals surface area contributed by atoms with E-state index in [0.29, 0.717) is 23.5 Å². The average Bonchev–Trinajstić information content (AvgIpc) is 2.77. The molecule has 3 aromatic carbocycles. The molecule has 2 atom stereocenters. The minimum absolute atomic E-state index is 0.240. The van der Waals surface area contributed by atoms with Crippen LogP contribution >= 0.6 is 0 Å². The molecular weight excluding hydrogens is 370 g/mol. The number of rotatable bonds is 8. The highest BCUT2D eigenvalue weighted by Gasteiger charge is 2.24. The van der Waals surface area contributed by atoms with E-state index >= 15 is 0 Å². The van der Waals surface area contributed by atoms with Gasteiger partial charge in [-0.05, 0) is 29.8 Å². The molecule has 0 spiro atoms. The molecule has 0 bridgehead atoms. The number of amides is 1. The van der Waals surface area contributed by atoms with Crippen LogP contribution in [0.25, 0.3) is 0 Å². The molecule has 4 nitrogen and oxygen atoms in total. The number of hydrogen-bond donors (Lipinski definition) is 1. The third-order valence-electron chi connectivity index (χ3n) is 4.40. The quantitative estimate of drug-likeness (QED) is 0.618. The molecule has 0 fully saturated rings. The lowest BCUT2D eigenvalue weighted by atomic mass is 10.1. The molecule has 1 N–H and O–H groups in total. The normalized spacial score (nSPS) is 12.8. The minimum atomic E-state index is -1.40. The second kappa shape index (κ2) is 9.85. The number of carbonyl (C=O) groups is 1. The van der Waals surface area contributed by atoms with Crippen LogP contribution in [0.5, 0.6) is 5.75 Å². The third-order valence-corrected chi connectivity index (χ3v) is 6.21. The molecular formula is C23H23NO3S. The monoisotopic (exact) mass is 393 g/mol. The van der Waals surface area contributed by atoms with Crippen LogP contribution in [0.2, 0.25) is 0 Å². The summed E-state index contributed by atoms with van der Waals surface area (Å²) in [4.78, 5) is 12.8. The van der Waals surface area contributed by atoms with Gasteiger partial charge >= 0.3 is 0 Å². The highest BCUT2D eigenvalue weighted by atomic mass is 32.2. The van der Waals surface area contributed by atoms with Gasteiger partial charge in [-0.25, -0.2) is 0 Å². The maximum Gasteiger partial charge on any atom is 0.252 e. The van der Waals surface area contributed by atoms with E-state index in [-0.39, 0.29) is 11.2 Å². The topological polar surface area (TPSA) is 55.4 Å². The Hall–Kier alpha value is -2.92. The van der Waals surface area contributed by atoms with E-state index in [2.05, 4.69) is 5.32 Å². The van der Waals surface area contributed by atoms with Gasteiger partial charge in [-0.1, -0.05) is 60.7 Å². The molecule has 0 saturated carbocycles. The van der Waals surface area contributed by atoms with Crippen molar-refractivity contribution in [2.24, 2.45) is 0 Å². The molecule has 0 saturated heterocycles. The van der Waals surface area contributed by atoms with Crippen LogP contribution in [-0.4, -0.2) is 23.8 Å². The predicted molar refractivity (Wildman–Crippen MR) is 112 cm³/mol. The minimum Gasteiger partial charge on any atom is -0.494 e. The first-order valence-corrected chi connectivity index (χ1v) is 10.4. The summed E-state index contributed by atoms with van der Waals surface area (Å²) in [6.45, 7) is 0.428. The van der Waals surface area contributed by atoms with Gasteiger partial charge in [-0.2, -0.15) is 0 Å². The fraction of sp³-hybridized carbons (Fsp3) is 0.174. The Morgan fingerprint density at radius 2 is 1.54 bits per heavy atom. The van der Waals surface area contributed by atoms with Crippen molar-refractivity contribution in [2.45, 2.75) is 16.6 Å². The Bertz CT molecular complexity index is 929. The maximum atomic E-state index is 13.5. The molecule has 1 amide bonds. The van der Waals surface area contributed by atoms with Gasteiger partial charge in [0, 0.05) is 13.5 Å². The number of para-hydroxylation sites is 1. The van der Waals surface area contributed by atoms with Crippen molar-refractivity contribution in [1.82, 2.24) is 5.32 Å². The summed E-state index contributed by atoms with van der Waals surface area (Å²) >= 11 is 0. The molecule has 0 heterocycles. The van der Waals surface area contributed by atoms with Crippen molar-refractivity contribution in [1.29, 1.82) is 0 Å². The summed E-state index contributed by atoms with van der Waals surface area (Å²) < 4.78 is 19.3. The Morgan fingerprint density at radius 3 is 2.21 bits per heavy atom. The lowest BCUT2D eigenvalue weighted by Crippen LogP contribution is -2.21. The van der Waals surface area contributed by atoms with E-state index in [0.717, 1.165) is 11.3 Å². The molecule has 0 aliphatic rings. The van der Waals surface area contributed by atoms with Crippen LogP contribution in [-0.2, 0) is 10.8 Å². The summed E-state index contributed by atoms with van der Waals surface area (Å²) in [5.74, 6) is 0.544. The van der Waals surface area contributed by atoms with E-state index in [1.807, 2.05) is 66.7 Å². The van der Waals surface area contributed by atoms with Crippen molar-refractivity contribution >= 4 is 16.7 Å². The van der Waals surface area contributed by atoms with Crippen LogP contribution < -0.4 is 10.1 Å². The first-order valence-electron chi connectivity index (χ1n) is 9.15. The van der Waals surface area contributed by atoms with Crippen molar-refractivity contribution in [3.05, 3.63) is 96.1 Å². The predicted octanol–water partition coefficient (Wildman–Crippen LogP) is 4.36. The summed E-state index contributed by atoms with van der Waals surface area (Å²) in [7, 11) is 0.169. The Morgan fingerprint density at radius 1 is 0.929 bits per heavy atom. The molecule has 0 aliphatic carbocycles. The summed E-state index contributed by atoms with van der Waals surface area (Å²) in [6, 6.07) is 26.3. The van der Waals surface area contributed by atoms with Crippen molar-refractivity contribution in [3.8, 4) is 5.75 Å². The molecule has 144 valence electrons. The average molecular weight is 394 g/mol. The smallest absolute Gasteiger partial charge is 0.252 e. The van der Waals surface area contributed by atoms with Crippen LogP contribution in [0.15, 0.2) is 89.8 Å². The zero-order chi connectivity index (χ0) is 19.8. The lowest BCUT2D eigenvalue weighted by Gasteiger charge is -2.19. The third kappa shape index (κ3) is 4.87. The Labute approximate surface area is 168 Å². The number of carbonyl (C=O) groups excluding carboxylic acids is 1. The van der Waals surface area contributed by atoms with Gasteiger partial charge in [0.15, 0.2) is 0 Å². The van der Waals surface area contributed by atoms with E-state index in [9.17, 15) is 9.00 Å². The van der Waals surface area contributed by atoms with E-state index in [1.54, 1.807) is 25.2 Å². The molecule has 1 unspecified atom stereocenters. The molecule has 5 heteroatoms. The van der Waals surface area contributed by atoms with E-state index in [1.165, 1.54) is 0 Å². The van der Waals surface area contributed by atoms with Crippen molar-refractivity contribution in [3.63, 3.8) is 0 Å². The van der Waals surface area contributed by atoms with Crippen LogP contribution in [0.4, 0.5) is 0 Å². The van der Waals surface area contributed by atoms with E-state index < -0.39 is 10.8 Å². The molecule has 3 aromatic rings. The second-order valence-corrected chi connectivity index (χ2v) is 7.83. The molecule has 0 aromatic heterocycles. The number of benzene rings is 3. The van der Waals surface area contributed by atoms with Gasteiger partial charge in [0.25, 0.3) is 5.91 Å². The summed E-state index contributed by atoms with van der Waals surface area (Å²) in [5, 5.41) is 2.34. The second-order valence-electron chi connectivity index (χ2n) is 6.22. The molecule has 0 radical (unpaired) electrons. The summed E-state index contributed by atoms with van der Waals surface area (Å²) in [5.41, 5.74) is 1.40. The van der Waals surface area contributed by atoms with Gasteiger partial charge in [0.1, 0.15) is 5.75 Å². The number of nitrogens with one attached hydrogen (secondary N) is 1. The number of hydrogen-bond acceptors (Lipinski definition) is 3. The van der Waals surface area contributed by atoms with Gasteiger partial charge in [0.2, 0.25) is 0 Å². The van der Waals surface area contributed by atoms with E-state index in [4.69, 9.17) is 4.74 Å². The van der Waals surface area contributed by atoms with Crippen LogP contribution in [0.3, 0.4) is 0 Å². The highest BCUT2D eigenvalue weighted by molar-refractivity contribution is 7.85. The molecule has 0 aliphatic heterocycles. The van der Waals surface area contributed by atoms with Gasteiger partial charge in [-0.3, -0.25) is 9.00 Å². The first kappa shape index (κ1) is 19.8. The maximum absolute atomic E-state index is 13.5. The highest BCUT2D eigenvalue weighted by Crippen LogP contribution is 2.30. The SMILES string of the molecule is CNC(=O)c1ccccc1S(=O)[C@H](CCOc1ccccc1)c1ccccc1. The largest absolute Gasteiger partial charge is 0.494 e. The van der Waals surface area contributed by atoms with Gasteiger partial charge in [0.05, 0.1) is 33.1 Å². The summed E-state index contributed by atoms with van der Waals surface area (Å²) in [6.07, 6.45) is 0.563. The van der Waals surface area contributed by atoms with Crippen LogP contribution in [0, 0.1) is 0 Å². The van der Waals surface area contributed by atoms with Crippen LogP contribution in [0.1, 0.15) is 27.6 Å². The molecule has 3 rings (SSSR count). The van der Waals surface area contributed by atoms with Crippen molar-refractivity contribution < 1.29 is 13.7 Å².